The van der Waals surface area contributed by atoms with Crippen molar-refractivity contribution < 1.29 is 12.8 Å². The summed E-state index contributed by atoms with van der Waals surface area (Å²) in [6.07, 6.45) is 0. The normalized spacial score (nSPS) is 18.4. The maximum atomic E-state index is 13.8. The Bertz CT molecular complexity index is 599. The molecule has 1 aliphatic rings. The van der Waals surface area contributed by atoms with Gasteiger partial charge in [-0.05, 0) is 31.7 Å². The third-order valence-corrected chi connectivity index (χ3v) is 5.71. The number of alkyl halides is 1. The Labute approximate surface area is 124 Å². The zero-order valence-electron chi connectivity index (χ0n) is 11.6. The average Bonchev–Trinajstić information content (AvgIpc) is 2.42. The number of benzene rings is 1. The molecule has 0 N–H and O–H groups in total. The summed E-state index contributed by atoms with van der Waals surface area (Å²) in [6, 6.07) is 2.71. The average molecular weight is 321 g/mol. The molecule has 4 nitrogen and oxygen atoms in total. The van der Waals surface area contributed by atoms with E-state index in [-0.39, 0.29) is 16.3 Å². The number of aryl methyl sites for hydroxylation is 1. The van der Waals surface area contributed by atoms with E-state index in [4.69, 9.17) is 11.6 Å². The second-order valence-electron chi connectivity index (χ2n) is 5.05. The standard InChI is InChI=1S/C13H18ClFN2O2S/c1-10-7-12(8-11(9-14)13(10)15)20(18,19)17-5-3-16(2)4-6-17/h7-8H,3-6,9H2,1-2H3. The molecule has 1 saturated heterocycles. The number of hydrogen-bond acceptors (Lipinski definition) is 3. The molecule has 2 rings (SSSR count). The van der Waals surface area contributed by atoms with E-state index in [0.717, 1.165) is 0 Å². The molecule has 0 aliphatic carbocycles. The monoisotopic (exact) mass is 320 g/mol. The second-order valence-corrected chi connectivity index (χ2v) is 7.26. The predicted octanol–water partition coefficient (Wildman–Crippen LogP) is 1.81. The lowest BCUT2D eigenvalue weighted by atomic mass is 10.1. The number of piperazine rings is 1. The molecule has 0 saturated carbocycles. The van der Waals surface area contributed by atoms with Crippen LogP contribution in [0.5, 0.6) is 0 Å². The number of rotatable bonds is 3. The quantitative estimate of drug-likeness (QED) is 0.798. The first kappa shape index (κ1) is 15.7. The van der Waals surface area contributed by atoms with Crippen LogP contribution >= 0.6 is 11.6 Å². The highest BCUT2D eigenvalue weighted by molar-refractivity contribution is 7.89. The molecule has 1 aromatic rings. The van der Waals surface area contributed by atoms with E-state index >= 15 is 0 Å². The van der Waals surface area contributed by atoms with Gasteiger partial charge in [0.15, 0.2) is 0 Å². The molecule has 1 aromatic carbocycles. The number of halogens is 2. The van der Waals surface area contributed by atoms with Crippen LogP contribution in [0.3, 0.4) is 0 Å². The fraction of sp³-hybridized carbons (Fsp3) is 0.538. The fourth-order valence-corrected chi connectivity index (χ4v) is 3.98. The van der Waals surface area contributed by atoms with Gasteiger partial charge in [0.25, 0.3) is 0 Å². The van der Waals surface area contributed by atoms with Crippen LogP contribution in [0, 0.1) is 12.7 Å². The van der Waals surface area contributed by atoms with Gasteiger partial charge in [-0.25, -0.2) is 12.8 Å². The van der Waals surface area contributed by atoms with E-state index in [1.165, 1.54) is 16.4 Å². The van der Waals surface area contributed by atoms with Crippen LogP contribution in [0.25, 0.3) is 0 Å². The molecule has 0 radical (unpaired) electrons. The second kappa shape index (κ2) is 5.97. The Morgan fingerprint density at radius 3 is 2.40 bits per heavy atom. The Balaban J connectivity index is 2.37. The minimum Gasteiger partial charge on any atom is -0.304 e. The highest BCUT2D eigenvalue weighted by Crippen LogP contribution is 2.24. The van der Waals surface area contributed by atoms with Crippen molar-refractivity contribution in [3.05, 3.63) is 29.1 Å². The summed E-state index contributed by atoms with van der Waals surface area (Å²) < 4.78 is 40.3. The molecule has 0 amide bonds. The van der Waals surface area contributed by atoms with E-state index in [1.807, 2.05) is 7.05 Å². The number of likely N-dealkylation sites (N-methyl/N-ethyl adjacent to an activating group) is 1. The summed E-state index contributed by atoms with van der Waals surface area (Å²) in [6.45, 7) is 3.84. The van der Waals surface area contributed by atoms with Gasteiger partial charge in [-0.3, -0.25) is 0 Å². The lowest BCUT2D eigenvalue weighted by Gasteiger charge is -2.31. The van der Waals surface area contributed by atoms with Gasteiger partial charge >= 0.3 is 0 Å². The first-order valence-corrected chi connectivity index (χ1v) is 8.37. The third kappa shape index (κ3) is 2.98. The molecule has 1 heterocycles. The van der Waals surface area contributed by atoms with Gasteiger partial charge in [-0.1, -0.05) is 0 Å². The third-order valence-electron chi connectivity index (χ3n) is 3.55. The summed E-state index contributed by atoms with van der Waals surface area (Å²) >= 11 is 5.68. The maximum absolute atomic E-state index is 13.8. The van der Waals surface area contributed by atoms with Gasteiger partial charge in [0.2, 0.25) is 10.0 Å². The first-order valence-electron chi connectivity index (χ1n) is 6.40. The highest BCUT2D eigenvalue weighted by Gasteiger charge is 2.28. The van der Waals surface area contributed by atoms with Gasteiger partial charge in [0.1, 0.15) is 5.82 Å². The SMILES string of the molecule is Cc1cc(S(=O)(=O)N2CCN(C)CC2)cc(CCl)c1F. The lowest BCUT2D eigenvalue weighted by molar-refractivity contribution is 0.222. The first-order chi connectivity index (χ1) is 9.36. The maximum Gasteiger partial charge on any atom is 0.243 e. The van der Waals surface area contributed by atoms with Gasteiger partial charge < -0.3 is 4.90 Å². The molecule has 0 aromatic heterocycles. The summed E-state index contributed by atoms with van der Waals surface area (Å²) in [5.41, 5.74) is 0.523. The minimum absolute atomic E-state index is 0.0429. The zero-order chi connectivity index (χ0) is 14.9. The van der Waals surface area contributed by atoms with E-state index in [0.29, 0.717) is 31.7 Å². The Kier molecular flexibility index (Phi) is 4.69. The van der Waals surface area contributed by atoms with E-state index in [9.17, 15) is 12.8 Å². The molecule has 0 atom stereocenters. The zero-order valence-corrected chi connectivity index (χ0v) is 13.1. The van der Waals surface area contributed by atoms with Crippen molar-refractivity contribution in [2.24, 2.45) is 0 Å². The van der Waals surface area contributed by atoms with Crippen LogP contribution < -0.4 is 0 Å². The Morgan fingerprint density at radius 1 is 1.25 bits per heavy atom. The van der Waals surface area contributed by atoms with E-state index in [2.05, 4.69) is 4.90 Å². The van der Waals surface area contributed by atoms with Crippen molar-refractivity contribution in [3.63, 3.8) is 0 Å². The van der Waals surface area contributed by atoms with Crippen LogP contribution in [0.2, 0.25) is 0 Å². The largest absolute Gasteiger partial charge is 0.304 e. The van der Waals surface area contributed by atoms with E-state index < -0.39 is 15.8 Å². The molecule has 20 heavy (non-hydrogen) atoms. The van der Waals surface area contributed by atoms with Gasteiger partial charge in [0, 0.05) is 31.7 Å². The topological polar surface area (TPSA) is 40.6 Å². The molecule has 7 heteroatoms. The van der Waals surface area contributed by atoms with Crippen LogP contribution in [0.15, 0.2) is 17.0 Å². The van der Waals surface area contributed by atoms with Crippen molar-refractivity contribution >= 4 is 21.6 Å². The van der Waals surface area contributed by atoms with Gasteiger partial charge in [0.05, 0.1) is 10.8 Å². The molecule has 1 aliphatic heterocycles. The summed E-state index contributed by atoms with van der Waals surface area (Å²) in [5, 5.41) is 0. The van der Waals surface area contributed by atoms with Crippen molar-refractivity contribution in [1.29, 1.82) is 0 Å². The Morgan fingerprint density at radius 2 is 1.85 bits per heavy atom. The molecule has 0 spiro atoms. The summed E-state index contributed by atoms with van der Waals surface area (Å²) in [5.74, 6) is -0.476. The molecule has 0 bridgehead atoms. The van der Waals surface area contributed by atoms with Crippen LogP contribution in [-0.4, -0.2) is 50.8 Å². The van der Waals surface area contributed by atoms with Crippen molar-refractivity contribution in [1.82, 2.24) is 9.21 Å². The Hall–Kier alpha value is -0.690. The van der Waals surface area contributed by atoms with Gasteiger partial charge in [-0.15, -0.1) is 11.6 Å². The van der Waals surface area contributed by atoms with Crippen LogP contribution in [0.4, 0.5) is 4.39 Å². The fourth-order valence-electron chi connectivity index (χ4n) is 2.23. The summed E-state index contributed by atoms with van der Waals surface area (Å²) in [7, 11) is -1.62. The predicted molar refractivity (Wildman–Crippen MR) is 76.9 cm³/mol. The number of sulfonamides is 1. The number of nitrogens with zero attached hydrogens (tertiary/aromatic N) is 2. The van der Waals surface area contributed by atoms with Crippen LogP contribution in [-0.2, 0) is 15.9 Å². The lowest BCUT2D eigenvalue weighted by Crippen LogP contribution is -2.47. The molecular formula is C13H18ClFN2O2S. The minimum atomic E-state index is -3.58. The van der Waals surface area contributed by atoms with Gasteiger partial charge in [-0.2, -0.15) is 4.31 Å². The summed E-state index contributed by atoms with van der Waals surface area (Å²) in [4.78, 5) is 2.20. The molecular weight excluding hydrogens is 303 g/mol. The smallest absolute Gasteiger partial charge is 0.243 e. The molecule has 0 unspecified atom stereocenters. The van der Waals surface area contributed by atoms with Crippen LogP contribution in [0.1, 0.15) is 11.1 Å². The number of hydrogen-bond donors (Lipinski definition) is 0. The van der Waals surface area contributed by atoms with Crippen molar-refractivity contribution in [2.45, 2.75) is 17.7 Å². The molecule has 112 valence electrons. The van der Waals surface area contributed by atoms with Crippen molar-refractivity contribution in [2.75, 3.05) is 33.2 Å². The van der Waals surface area contributed by atoms with Crippen molar-refractivity contribution in [3.8, 4) is 0 Å². The van der Waals surface area contributed by atoms with E-state index in [1.54, 1.807) is 6.92 Å². The molecule has 1 fully saturated rings. The highest BCUT2D eigenvalue weighted by atomic mass is 35.5.